The lowest BCUT2D eigenvalue weighted by atomic mass is 10.2. The van der Waals surface area contributed by atoms with Gasteiger partial charge in [0.2, 0.25) is 10.0 Å². The molecule has 0 spiro atoms. The number of benzene rings is 2. The fraction of sp³-hybridized carbons (Fsp3) is 0.364. The van der Waals surface area contributed by atoms with E-state index in [1.54, 1.807) is 24.0 Å². The quantitative estimate of drug-likeness (QED) is 0.727. The van der Waals surface area contributed by atoms with Crippen LogP contribution in [0.2, 0.25) is 0 Å². The standard InChI is InChI=1S/C22H25N3O6S/c1-15-4-3-5-17(10-15)30-14-22(27)24-6-8-25(9-7-24)32(28,29)20-12-19-18(11-16(20)2)23-21(26)13-31-19/h3-5,10-12H,6-9,13-14H2,1-2H3,(H,23,26). The van der Waals surface area contributed by atoms with Crippen LogP contribution >= 0.6 is 0 Å². The van der Waals surface area contributed by atoms with Gasteiger partial charge in [0.05, 0.1) is 10.6 Å². The van der Waals surface area contributed by atoms with Gasteiger partial charge >= 0.3 is 0 Å². The number of hydrogen-bond acceptors (Lipinski definition) is 6. The van der Waals surface area contributed by atoms with E-state index in [-0.39, 0.29) is 56.1 Å². The van der Waals surface area contributed by atoms with Crippen LogP contribution in [0.1, 0.15) is 11.1 Å². The molecule has 2 aromatic carbocycles. The molecule has 1 saturated heterocycles. The van der Waals surface area contributed by atoms with Gasteiger partial charge in [-0.2, -0.15) is 4.31 Å². The molecule has 2 aliphatic heterocycles. The average molecular weight is 460 g/mol. The van der Waals surface area contributed by atoms with Crippen molar-refractivity contribution in [1.29, 1.82) is 0 Å². The Bertz CT molecular complexity index is 1160. The van der Waals surface area contributed by atoms with Crippen LogP contribution in [-0.2, 0) is 19.6 Å². The summed E-state index contributed by atoms with van der Waals surface area (Å²) in [6.07, 6.45) is 0. The zero-order chi connectivity index (χ0) is 22.9. The summed E-state index contributed by atoms with van der Waals surface area (Å²) in [5, 5.41) is 2.68. The van der Waals surface area contributed by atoms with Gasteiger partial charge in [-0.1, -0.05) is 12.1 Å². The number of nitrogens with zero attached hydrogens (tertiary/aromatic N) is 2. The molecule has 0 aromatic heterocycles. The number of amides is 2. The third-order valence-electron chi connectivity index (χ3n) is 5.47. The first-order valence-corrected chi connectivity index (χ1v) is 11.7. The van der Waals surface area contributed by atoms with Gasteiger partial charge in [0.25, 0.3) is 11.8 Å². The number of sulfonamides is 1. The number of aryl methyl sites for hydroxylation is 2. The summed E-state index contributed by atoms with van der Waals surface area (Å²) in [5.41, 5.74) is 2.01. The fourth-order valence-corrected chi connectivity index (χ4v) is 5.40. The second-order valence-electron chi connectivity index (χ2n) is 7.84. The van der Waals surface area contributed by atoms with Crippen LogP contribution in [0.15, 0.2) is 41.3 Å². The molecule has 1 N–H and O–H groups in total. The van der Waals surface area contributed by atoms with Gasteiger partial charge in [0, 0.05) is 32.2 Å². The van der Waals surface area contributed by atoms with Crippen LogP contribution in [0.5, 0.6) is 11.5 Å². The van der Waals surface area contributed by atoms with E-state index < -0.39 is 10.0 Å². The largest absolute Gasteiger partial charge is 0.484 e. The Balaban J connectivity index is 1.39. The van der Waals surface area contributed by atoms with Crippen LogP contribution in [0.4, 0.5) is 5.69 Å². The van der Waals surface area contributed by atoms with E-state index in [2.05, 4.69) is 5.32 Å². The number of carbonyl (C=O) groups is 2. The monoisotopic (exact) mass is 459 g/mol. The zero-order valence-corrected chi connectivity index (χ0v) is 18.8. The molecule has 2 aliphatic rings. The molecule has 0 saturated carbocycles. The number of carbonyl (C=O) groups excluding carboxylic acids is 2. The predicted molar refractivity (Wildman–Crippen MR) is 117 cm³/mol. The van der Waals surface area contributed by atoms with Gasteiger partial charge in [-0.05, 0) is 43.2 Å². The third-order valence-corrected chi connectivity index (χ3v) is 7.51. The molecule has 9 nitrogen and oxygen atoms in total. The summed E-state index contributed by atoms with van der Waals surface area (Å²) in [6.45, 7) is 4.32. The van der Waals surface area contributed by atoms with Crippen molar-refractivity contribution < 1.29 is 27.5 Å². The summed E-state index contributed by atoms with van der Waals surface area (Å²) >= 11 is 0. The van der Waals surface area contributed by atoms with E-state index in [0.29, 0.717) is 22.7 Å². The minimum absolute atomic E-state index is 0.0941. The number of hydrogen-bond donors (Lipinski definition) is 1. The van der Waals surface area contributed by atoms with Gasteiger partial charge in [0.15, 0.2) is 13.2 Å². The molecular formula is C22H25N3O6S. The van der Waals surface area contributed by atoms with Crippen molar-refractivity contribution in [2.75, 3.05) is 44.7 Å². The summed E-state index contributed by atoms with van der Waals surface area (Å²) in [4.78, 5) is 25.7. The first-order valence-electron chi connectivity index (χ1n) is 10.3. The van der Waals surface area contributed by atoms with E-state index in [0.717, 1.165) is 5.56 Å². The van der Waals surface area contributed by atoms with Crippen LogP contribution in [0, 0.1) is 13.8 Å². The summed E-state index contributed by atoms with van der Waals surface area (Å²) in [6, 6.07) is 10.5. The lowest BCUT2D eigenvalue weighted by molar-refractivity contribution is -0.134. The van der Waals surface area contributed by atoms with Crippen LogP contribution < -0.4 is 14.8 Å². The van der Waals surface area contributed by atoms with Crippen molar-refractivity contribution in [2.24, 2.45) is 0 Å². The maximum absolute atomic E-state index is 13.2. The molecule has 10 heteroatoms. The molecule has 170 valence electrons. The van der Waals surface area contributed by atoms with Gasteiger partial charge < -0.3 is 19.7 Å². The van der Waals surface area contributed by atoms with Gasteiger partial charge in [-0.3, -0.25) is 9.59 Å². The minimum atomic E-state index is -3.78. The predicted octanol–water partition coefficient (Wildman–Crippen LogP) is 1.55. The second-order valence-corrected chi connectivity index (χ2v) is 9.75. The maximum atomic E-state index is 13.2. The van der Waals surface area contributed by atoms with Crippen molar-refractivity contribution in [1.82, 2.24) is 9.21 Å². The highest BCUT2D eigenvalue weighted by molar-refractivity contribution is 7.89. The van der Waals surface area contributed by atoms with Crippen LogP contribution in [-0.4, -0.2) is 68.8 Å². The van der Waals surface area contributed by atoms with E-state index >= 15 is 0 Å². The van der Waals surface area contributed by atoms with Gasteiger partial charge in [-0.15, -0.1) is 0 Å². The number of anilines is 1. The van der Waals surface area contributed by atoms with E-state index in [1.165, 1.54) is 10.4 Å². The van der Waals surface area contributed by atoms with Crippen molar-refractivity contribution in [3.05, 3.63) is 47.5 Å². The zero-order valence-electron chi connectivity index (χ0n) is 18.0. The first-order chi connectivity index (χ1) is 15.2. The summed E-state index contributed by atoms with van der Waals surface area (Å²) < 4.78 is 38.8. The number of fused-ring (bicyclic) bond motifs is 1. The van der Waals surface area contributed by atoms with Gasteiger partial charge in [0.1, 0.15) is 11.5 Å². The molecule has 0 unspecified atom stereocenters. The number of piperazine rings is 1. The highest BCUT2D eigenvalue weighted by Gasteiger charge is 2.32. The second kappa shape index (κ2) is 8.79. The summed E-state index contributed by atoms with van der Waals surface area (Å²) in [5.74, 6) is 0.495. The van der Waals surface area contributed by atoms with Gasteiger partial charge in [-0.25, -0.2) is 8.42 Å². The molecule has 0 bridgehead atoms. The molecule has 0 aliphatic carbocycles. The van der Waals surface area contributed by atoms with Crippen LogP contribution in [0.3, 0.4) is 0 Å². The van der Waals surface area contributed by atoms with Crippen molar-refractivity contribution in [3.8, 4) is 11.5 Å². The minimum Gasteiger partial charge on any atom is -0.484 e. The van der Waals surface area contributed by atoms with E-state index in [9.17, 15) is 18.0 Å². The SMILES string of the molecule is Cc1cccc(OCC(=O)N2CCN(S(=O)(=O)c3cc4c(cc3C)NC(=O)CO4)CC2)c1. The topological polar surface area (TPSA) is 105 Å². The number of rotatable bonds is 5. The van der Waals surface area contributed by atoms with E-state index in [4.69, 9.17) is 9.47 Å². The maximum Gasteiger partial charge on any atom is 0.262 e. The molecule has 32 heavy (non-hydrogen) atoms. The summed E-state index contributed by atoms with van der Waals surface area (Å²) in [7, 11) is -3.78. The highest BCUT2D eigenvalue weighted by atomic mass is 32.2. The Morgan fingerprint density at radius 3 is 2.59 bits per heavy atom. The average Bonchev–Trinajstić information content (AvgIpc) is 2.77. The smallest absolute Gasteiger partial charge is 0.262 e. The Morgan fingerprint density at radius 2 is 1.88 bits per heavy atom. The molecule has 4 rings (SSSR count). The Kier molecular flexibility index (Phi) is 6.07. The molecule has 2 amide bonds. The Hall–Kier alpha value is -3.11. The molecular weight excluding hydrogens is 434 g/mol. The molecule has 0 radical (unpaired) electrons. The molecule has 2 aromatic rings. The van der Waals surface area contributed by atoms with Crippen molar-refractivity contribution in [3.63, 3.8) is 0 Å². The Labute approximate surface area is 187 Å². The normalized spacial score (nSPS) is 16.7. The molecule has 0 atom stereocenters. The third kappa shape index (κ3) is 4.56. The van der Waals surface area contributed by atoms with Crippen LogP contribution in [0.25, 0.3) is 0 Å². The first kappa shape index (κ1) is 22.1. The van der Waals surface area contributed by atoms with Crippen molar-refractivity contribution in [2.45, 2.75) is 18.7 Å². The fourth-order valence-electron chi connectivity index (χ4n) is 3.75. The molecule has 2 heterocycles. The lowest BCUT2D eigenvalue weighted by Crippen LogP contribution is -2.51. The number of nitrogens with one attached hydrogen (secondary N) is 1. The highest BCUT2D eigenvalue weighted by Crippen LogP contribution is 2.34. The van der Waals surface area contributed by atoms with E-state index in [1.807, 2.05) is 25.1 Å². The number of ether oxygens (including phenoxy) is 2. The lowest BCUT2D eigenvalue weighted by Gasteiger charge is -2.34. The van der Waals surface area contributed by atoms with Crippen molar-refractivity contribution >= 4 is 27.5 Å². The Morgan fingerprint density at radius 1 is 1.12 bits per heavy atom. The molecule has 1 fully saturated rings.